The third-order valence-corrected chi connectivity index (χ3v) is 8.01. The molecule has 1 aliphatic heterocycles. The molecule has 196 valence electrons. The number of nitrogens with two attached hydrogens (primary N) is 1. The van der Waals surface area contributed by atoms with Gasteiger partial charge in [0.1, 0.15) is 22.8 Å². The SMILES string of the molecule is NC(=O)C1=C(O)C[C@@H]2C[C@@H]3Cc4c(CCC(=O)N5CCOCC5)ccc(O)c4C(=O)C3=C(O)[C@]2(O)C1=O. The molecule has 0 unspecified atom stereocenters. The Morgan fingerprint density at radius 3 is 2.49 bits per heavy atom. The number of aromatic hydroxyl groups is 1. The van der Waals surface area contributed by atoms with E-state index in [1.165, 1.54) is 6.07 Å². The van der Waals surface area contributed by atoms with Crippen molar-refractivity contribution in [2.75, 3.05) is 26.3 Å². The van der Waals surface area contributed by atoms with Gasteiger partial charge in [0.15, 0.2) is 11.4 Å². The van der Waals surface area contributed by atoms with Crippen LogP contribution in [0.4, 0.5) is 0 Å². The summed E-state index contributed by atoms with van der Waals surface area (Å²) in [7, 11) is 0. The number of ketones is 2. The predicted molar refractivity (Wildman–Crippen MR) is 127 cm³/mol. The zero-order valence-corrected chi connectivity index (χ0v) is 20.0. The minimum absolute atomic E-state index is 0.0403. The van der Waals surface area contributed by atoms with Crippen LogP contribution in [0.3, 0.4) is 0 Å². The van der Waals surface area contributed by atoms with Crippen molar-refractivity contribution in [2.24, 2.45) is 17.6 Å². The Labute approximate surface area is 211 Å². The second-order valence-electron chi connectivity index (χ2n) is 10.0. The van der Waals surface area contributed by atoms with E-state index in [0.717, 1.165) is 0 Å². The number of ether oxygens (including phenoxy) is 1. The first kappa shape index (κ1) is 25.0. The van der Waals surface area contributed by atoms with Crippen molar-refractivity contribution in [1.82, 2.24) is 4.90 Å². The number of phenols is 1. The predicted octanol–water partition coefficient (Wildman–Crippen LogP) is 0.372. The van der Waals surface area contributed by atoms with E-state index >= 15 is 0 Å². The number of aryl methyl sites for hydroxylation is 1. The van der Waals surface area contributed by atoms with Crippen LogP contribution in [-0.2, 0) is 32.0 Å². The zero-order chi connectivity index (χ0) is 26.6. The van der Waals surface area contributed by atoms with Crippen molar-refractivity contribution >= 4 is 23.4 Å². The molecule has 0 aromatic heterocycles. The van der Waals surface area contributed by atoms with Crippen LogP contribution in [0.5, 0.6) is 5.75 Å². The molecule has 2 amide bonds. The first-order valence-corrected chi connectivity index (χ1v) is 12.2. The van der Waals surface area contributed by atoms with E-state index in [1.807, 2.05) is 0 Å². The Bertz CT molecular complexity index is 1290. The average molecular weight is 513 g/mol. The Morgan fingerprint density at radius 2 is 1.81 bits per heavy atom. The maximum atomic E-state index is 13.6. The van der Waals surface area contributed by atoms with Gasteiger partial charge in [-0.3, -0.25) is 19.2 Å². The number of benzene rings is 1. The van der Waals surface area contributed by atoms with E-state index in [4.69, 9.17) is 10.5 Å². The summed E-state index contributed by atoms with van der Waals surface area (Å²) in [5.41, 5.74) is 2.82. The molecule has 3 atom stereocenters. The maximum absolute atomic E-state index is 13.6. The van der Waals surface area contributed by atoms with Gasteiger partial charge in [0.05, 0.1) is 18.8 Å². The van der Waals surface area contributed by atoms with Gasteiger partial charge in [0.25, 0.3) is 5.91 Å². The van der Waals surface area contributed by atoms with Crippen LogP contribution in [0.25, 0.3) is 0 Å². The van der Waals surface area contributed by atoms with E-state index in [9.17, 15) is 39.6 Å². The number of primary amides is 1. The van der Waals surface area contributed by atoms with Crippen LogP contribution < -0.4 is 5.73 Å². The molecule has 1 aromatic rings. The molecular weight excluding hydrogens is 484 g/mol. The van der Waals surface area contributed by atoms with Gasteiger partial charge in [-0.2, -0.15) is 0 Å². The Balaban J connectivity index is 1.50. The molecule has 4 aliphatic rings. The van der Waals surface area contributed by atoms with E-state index < -0.39 is 52.0 Å². The van der Waals surface area contributed by atoms with Crippen molar-refractivity contribution in [1.29, 1.82) is 0 Å². The van der Waals surface area contributed by atoms with Gasteiger partial charge >= 0.3 is 0 Å². The number of allylic oxidation sites excluding steroid dienone is 2. The van der Waals surface area contributed by atoms with Gasteiger partial charge in [-0.25, -0.2) is 0 Å². The number of carbonyl (C=O) groups excluding carboxylic acids is 4. The maximum Gasteiger partial charge on any atom is 0.255 e. The highest BCUT2D eigenvalue weighted by atomic mass is 16.5. The molecule has 0 radical (unpaired) electrons. The highest BCUT2D eigenvalue weighted by molar-refractivity contribution is 6.24. The first-order chi connectivity index (χ1) is 17.6. The molecule has 3 aliphatic carbocycles. The van der Waals surface area contributed by atoms with Gasteiger partial charge < -0.3 is 35.8 Å². The van der Waals surface area contributed by atoms with Crippen LogP contribution in [0.15, 0.2) is 34.8 Å². The van der Waals surface area contributed by atoms with E-state index in [1.54, 1.807) is 11.0 Å². The molecule has 1 saturated heterocycles. The van der Waals surface area contributed by atoms with Crippen LogP contribution in [0.2, 0.25) is 0 Å². The van der Waals surface area contributed by atoms with Crippen LogP contribution in [0.1, 0.15) is 40.7 Å². The molecule has 11 nitrogen and oxygen atoms in total. The lowest BCUT2D eigenvalue weighted by Gasteiger charge is -2.45. The summed E-state index contributed by atoms with van der Waals surface area (Å²) in [6.07, 6.45) is 0.529. The third-order valence-electron chi connectivity index (χ3n) is 8.01. The average Bonchev–Trinajstić information content (AvgIpc) is 2.86. The number of rotatable bonds is 4. The van der Waals surface area contributed by atoms with Crippen LogP contribution >= 0.6 is 0 Å². The Kier molecular flexibility index (Phi) is 6.07. The number of carbonyl (C=O) groups is 4. The largest absolute Gasteiger partial charge is 0.511 e. The number of aliphatic hydroxyl groups excluding tert-OH is 2. The van der Waals surface area contributed by atoms with Crippen molar-refractivity contribution < 1.29 is 44.3 Å². The molecule has 5 rings (SSSR count). The lowest BCUT2D eigenvalue weighted by atomic mass is 9.60. The first-order valence-electron chi connectivity index (χ1n) is 12.2. The van der Waals surface area contributed by atoms with Gasteiger partial charge in [0.2, 0.25) is 11.7 Å². The lowest BCUT2D eigenvalue weighted by molar-refractivity contribution is -0.144. The number of hydrogen-bond acceptors (Lipinski definition) is 9. The standard InChI is InChI=1S/C26H28N2O9/c27-25(35)21-17(30)11-14-9-13-10-15-12(2-4-18(31)28-5-7-37-8-6-28)1-3-16(29)20(15)22(32)19(13)23(33)26(14,36)24(21)34/h1,3,13-14,29-30,33,36H,2,4-11H2,(H2,27,35)/t13-,14+,26+/m1/s1. The van der Waals surface area contributed by atoms with Crippen molar-refractivity contribution in [2.45, 2.75) is 37.7 Å². The Morgan fingerprint density at radius 1 is 1.11 bits per heavy atom. The Hall–Kier alpha value is -3.70. The minimum Gasteiger partial charge on any atom is -0.511 e. The van der Waals surface area contributed by atoms with Crippen LogP contribution in [-0.4, -0.2) is 80.6 Å². The summed E-state index contributed by atoms with van der Waals surface area (Å²) in [5, 5.41) is 43.2. The summed E-state index contributed by atoms with van der Waals surface area (Å²) >= 11 is 0. The summed E-state index contributed by atoms with van der Waals surface area (Å²) in [4.78, 5) is 52.7. The molecular formula is C26H28N2O9. The number of Topliss-reactive ketones (excluding diaryl/α,β-unsaturated/α-hetero) is 2. The number of amides is 2. The van der Waals surface area contributed by atoms with E-state index in [-0.39, 0.29) is 48.5 Å². The summed E-state index contributed by atoms with van der Waals surface area (Å²) in [6.45, 7) is 2.00. The third kappa shape index (κ3) is 3.80. The molecule has 37 heavy (non-hydrogen) atoms. The summed E-state index contributed by atoms with van der Waals surface area (Å²) in [5.74, 6) is -6.64. The van der Waals surface area contributed by atoms with Crippen LogP contribution in [0, 0.1) is 11.8 Å². The lowest BCUT2D eigenvalue weighted by Crippen LogP contribution is -2.57. The number of phenolic OH excluding ortho intramolecular Hbond substituents is 1. The topological polar surface area (TPSA) is 188 Å². The summed E-state index contributed by atoms with van der Waals surface area (Å²) in [6, 6.07) is 3.01. The van der Waals surface area contributed by atoms with Gasteiger partial charge in [-0.15, -0.1) is 0 Å². The minimum atomic E-state index is -2.59. The smallest absolute Gasteiger partial charge is 0.255 e. The number of aliphatic hydroxyl groups is 3. The van der Waals surface area contributed by atoms with Crippen molar-refractivity contribution in [3.8, 4) is 5.75 Å². The monoisotopic (exact) mass is 512 g/mol. The molecule has 0 saturated carbocycles. The normalized spacial score (nSPS) is 27.5. The van der Waals surface area contributed by atoms with E-state index in [0.29, 0.717) is 43.9 Å². The van der Waals surface area contributed by atoms with Crippen molar-refractivity contribution in [3.05, 3.63) is 51.5 Å². The second kappa shape index (κ2) is 9.00. The molecule has 1 aromatic carbocycles. The molecule has 0 bridgehead atoms. The quantitative estimate of drug-likeness (QED) is 0.355. The van der Waals surface area contributed by atoms with Gasteiger partial charge in [0, 0.05) is 37.4 Å². The second-order valence-corrected chi connectivity index (χ2v) is 10.0. The number of morpholine rings is 1. The number of nitrogens with zero attached hydrogens (tertiary/aromatic N) is 1. The zero-order valence-electron chi connectivity index (χ0n) is 20.0. The highest BCUT2D eigenvalue weighted by Gasteiger charge is 2.59. The number of hydrogen-bond donors (Lipinski definition) is 5. The molecule has 6 N–H and O–H groups in total. The fourth-order valence-electron chi connectivity index (χ4n) is 6.13. The number of fused-ring (bicyclic) bond motifs is 3. The molecule has 1 fully saturated rings. The highest BCUT2D eigenvalue weighted by Crippen LogP contribution is 2.51. The molecule has 0 spiro atoms. The molecule has 1 heterocycles. The van der Waals surface area contributed by atoms with Gasteiger partial charge in [-0.05, 0) is 42.4 Å². The molecule has 11 heteroatoms. The van der Waals surface area contributed by atoms with E-state index in [2.05, 4.69) is 0 Å². The fraction of sp³-hybridized carbons (Fsp3) is 0.462. The van der Waals surface area contributed by atoms with Crippen molar-refractivity contribution in [3.63, 3.8) is 0 Å². The summed E-state index contributed by atoms with van der Waals surface area (Å²) < 4.78 is 5.28. The fourth-order valence-corrected chi connectivity index (χ4v) is 6.13. The van der Waals surface area contributed by atoms with Gasteiger partial charge in [-0.1, -0.05) is 6.07 Å².